The first-order chi connectivity index (χ1) is 15.1. The summed E-state index contributed by atoms with van der Waals surface area (Å²) >= 11 is 0. The smallest absolute Gasteiger partial charge is 0.306 e. The Labute approximate surface area is 180 Å². The number of Topliss-reactive ketones (excluding diaryl/α,β-unsaturated/α-hetero) is 1. The van der Waals surface area contributed by atoms with Crippen LogP contribution in [0.2, 0.25) is 0 Å². The molecule has 1 aromatic rings. The maximum atomic E-state index is 11.9. The van der Waals surface area contributed by atoms with E-state index in [9.17, 15) is 9.59 Å². The van der Waals surface area contributed by atoms with Crippen LogP contribution in [0, 0.1) is 5.92 Å². The molecule has 162 valence electrons. The van der Waals surface area contributed by atoms with Gasteiger partial charge in [-0.1, -0.05) is 120 Å². The second kappa shape index (κ2) is 15.2. The Balaban J connectivity index is 1.40. The molecule has 0 bridgehead atoms. The Morgan fingerprint density at radius 2 is 1.59 bits per heavy atom. The topological polar surface area (TPSA) is 43.4 Å². The van der Waals surface area contributed by atoms with Gasteiger partial charge in [-0.25, -0.2) is 0 Å². The van der Waals surface area contributed by atoms with E-state index in [1.807, 2.05) is 6.07 Å². The zero-order chi connectivity index (χ0) is 22.3. The van der Waals surface area contributed by atoms with Crippen molar-refractivity contribution in [1.82, 2.24) is 0 Å². The summed E-state index contributed by atoms with van der Waals surface area (Å²) in [7, 11) is 0. The minimum Gasteiger partial charge on any atom is -0.457 e. The van der Waals surface area contributed by atoms with Gasteiger partial charge in [0.1, 0.15) is 0 Å². The van der Waals surface area contributed by atoms with E-state index in [1.165, 1.54) is 32.1 Å². The molecule has 0 N–H and O–H groups in total. The highest BCUT2D eigenvalue weighted by molar-refractivity contribution is 5.97. The van der Waals surface area contributed by atoms with Gasteiger partial charge in [-0.2, -0.15) is 0 Å². The number of carbonyl (C=O) groups is 2. The lowest BCUT2D eigenvalue weighted by Gasteiger charge is -2.13. The molecule has 0 saturated heterocycles. The number of unbranched alkanes of at least 4 members (excludes halogenated alkanes) is 7. The molecule has 1 aliphatic carbocycles. The number of ether oxygens (including phenoxy) is 1. The summed E-state index contributed by atoms with van der Waals surface area (Å²) in [5.41, 5.74) is 0.574. The molecule has 2 rings (SSSR count). The number of hydrogen-bond acceptors (Lipinski definition) is 3. The molecule has 3 heteroatoms. The highest BCUT2D eigenvalue weighted by Gasteiger charge is 2.11. The molecular formula is C26H40O3. The van der Waals surface area contributed by atoms with Crippen molar-refractivity contribution in [3.8, 4) is 0 Å². The van der Waals surface area contributed by atoms with Gasteiger partial charge in [0.2, 0.25) is 0 Å². The first kappa shape index (κ1) is 20.6. The third-order valence-electron chi connectivity index (χ3n) is 5.75. The minimum absolute atomic E-state index is 0.0542. The normalized spacial score (nSPS) is 23.0. The summed E-state index contributed by atoms with van der Waals surface area (Å²) in [5.74, 6) is -0.0103. The third kappa shape index (κ3) is 11.2. The van der Waals surface area contributed by atoms with Crippen LogP contribution in [0.1, 0.15) is 116 Å². The van der Waals surface area contributed by atoms with Crippen molar-refractivity contribution in [3.05, 3.63) is 35.9 Å². The van der Waals surface area contributed by atoms with Crippen molar-refractivity contribution >= 4 is 11.8 Å². The van der Waals surface area contributed by atoms with Crippen molar-refractivity contribution in [3.63, 3.8) is 0 Å². The van der Waals surface area contributed by atoms with Crippen LogP contribution in [0.4, 0.5) is 0 Å². The van der Waals surface area contributed by atoms with Gasteiger partial charge in [-0.05, 0) is 12.3 Å². The van der Waals surface area contributed by atoms with Crippen LogP contribution in [-0.4, -0.2) is 18.4 Å². The summed E-state index contributed by atoms with van der Waals surface area (Å²) in [6.07, 6.45) is 14.6. The number of benzene rings is 1. The van der Waals surface area contributed by atoms with Crippen molar-refractivity contribution in [2.24, 2.45) is 5.92 Å². The molecule has 1 fully saturated rings. The second-order valence-electron chi connectivity index (χ2n) is 8.27. The van der Waals surface area contributed by atoms with Crippen LogP contribution < -0.4 is 0 Å². The minimum atomic E-state index is -0.287. The average molecular weight is 403 g/mol. The summed E-state index contributed by atoms with van der Waals surface area (Å²) in [6, 6.07) is 8.91. The van der Waals surface area contributed by atoms with E-state index in [4.69, 9.17) is 7.48 Å². The molecule has 1 aliphatic rings. The van der Waals surface area contributed by atoms with Gasteiger partial charge in [-0.15, -0.1) is 0 Å². The van der Waals surface area contributed by atoms with Crippen LogP contribution in [0.3, 0.4) is 0 Å². The molecule has 0 radical (unpaired) electrons. The van der Waals surface area contributed by atoms with Gasteiger partial charge >= 0.3 is 5.97 Å². The maximum Gasteiger partial charge on any atom is 0.306 e. The largest absolute Gasteiger partial charge is 0.457 e. The molecular weight excluding hydrogens is 360 g/mol. The predicted molar refractivity (Wildman–Crippen MR) is 119 cm³/mol. The predicted octanol–water partition coefficient (Wildman–Crippen LogP) is 7.28. The lowest BCUT2D eigenvalue weighted by atomic mass is 9.93. The molecule has 1 aromatic carbocycles. The third-order valence-corrected chi connectivity index (χ3v) is 5.75. The molecule has 3 nitrogen and oxygen atoms in total. The van der Waals surface area contributed by atoms with E-state index in [0.717, 1.165) is 51.4 Å². The summed E-state index contributed by atoms with van der Waals surface area (Å²) in [5, 5.41) is 0. The molecule has 0 aliphatic heterocycles. The van der Waals surface area contributed by atoms with Gasteiger partial charge in [0.15, 0.2) is 12.4 Å². The second-order valence-corrected chi connectivity index (χ2v) is 8.27. The van der Waals surface area contributed by atoms with Gasteiger partial charge in [-0.3, -0.25) is 9.59 Å². The van der Waals surface area contributed by atoms with Gasteiger partial charge in [0.05, 0.1) is 0 Å². The molecule has 3 unspecified atom stereocenters. The first-order valence-corrected chi connectivity index (χ1v) is 11.6. The molecule has 0 aromatic heterocycles. The van der Waals surface area contributed by atoms with E-state index < -0.39 is 0 Å². The lowest BCUT2D eigenvalue weighted by Crippen LogP contribution is -2.13. The number of hydrogen-bond donors (Lipinski definition) is 0. The highest BCUT2D eigenvalue weighted by Crippen LogP contribution is 2.27. The Morgan fingerprint density at radius 3 is 2.34 bits per heavy atom. The maximum absolute atomic E-state index is 11.9. The van der Waals surface area contributed by atoms with Gasteiger partial charge in [0.25, 0.3) is 0 Å². The molecule has 1 saturated carbocycles. The summed E-state index contributed by atoms with van der Waals surface area (Å²) < 4.78 is 21.4. The monoisotopic (exact) mass is 402 g/mol. The number of ketones is 1. The van der Waals surface area contributed by atoms with Crippen molar-refractivity contribution < 1.29 is 17.1 Å². The highest BCUT2D eigenvalue weighted by atomic mass is 16.5. The van der Waals surface area contributed by atoms with Gasteiger partial charge in [0, 0.05) is 14.7 Å². The van der Waals surface area contributed by atoms with Crippen LogP contribution >= 0.6 is 0 Å². The van der Waals surface area contributed by atoms with E-state index in [1.54, 1.807) is 24.3 Å². The van der Waals surface area contributed by atoms with Crippen LogP contribution in [-0.2, 0) is 9.53 Å². The Kier molecular flexibility index (Phi) is 10.8. The number of rotatable bonds is 14. The standard InChI is InChI=1S/C26H40O3/c27-25(24-19-13-9-14-20-24)22-29-26(28)21-15-6-4-2-1-3-5-10-16-23-17-11-7-8-12-18-23/h9,13-14,19-20,23H,1-8,10-12,15-18,21-22H2/i11D,18D. The zero-order valence-electron chi connectivity index (χ0n) is 20.0. The Bertz CT molecular complexity index is 635. The van der Waals surface area contributed by atoms with Crippen LogP contribution in [0.25, 0.3) is 0 Å². The van der Waals surface area contributed by atoms with Gasteiger partial charge < -0.3 is 4.74 Å². The molecule has 29 heavy (non-hydrogen) atoms. The van der Waals surface area contributed by atoms with Crippen molar-refractivity contribution in [1.29, 1.82) is 0 Å². The fourth-order valence-electron chi connectivity index (χ4n) is 3.94. The zero-order valence-corrected chi connectivity index (χ0v) is 18.0. The fourth-order valence-corrected chi connectivity index (χ4v) is 3.94. The Hall–Kier alpha value is -1.64. The summed E-state index contributed by atoms with van der Waals surface area (Å²) in [6.45, 7) is -0.173. The molecule has 0 amide bonds. The van der Waals surface area contributed by atoms with E-state index in [2.05, 4.69) is 0 Å². The van der Waals surface area contributed by atoms with E-state index in [0.29, 0.717) is 17.9 Å². The average Bonchev–Trinajstić information content (AvgIpc) is 2.93. The number of esters is 1. The molecule has 3 atom stereocenters. The molecule has 0 heterocycles. The SMILES string of the molecule is [2H]C1CCCC([2H])C(CCCCCCCCCCC(=O)OCC(=O)c2ccccc2)C1. The quantitative estimate of drug-likeness (QED) is 0.142. The fraction of sp³-hybridized carbons (Fsp3) is 0.692. The number of carbonyl (C=O) groups excluding carboxylic acids is 2. The van der Waals surface area contributed by atoms with Crippen LogP contribution in [0.5, 0.6) is 0 Å². The van der Waals surface area contributed by atoms with E-state index in [-0.39, 0.29) is 31.2 Å². The van der Waals surface area contributed by atoms with Crippen molar-refractivity contribution in [2.75, 3.05) is 6.61 Å². The van der Waals surface area contributed by atoms with Crippen LogP contribution in [0.15, 0.2) is 30.3 Å². The van der Waals surface area contributed by atoms with Crippen molar-refractivity contribution in [2.45, 2.75) is 103 Å². The lowest BCUT2D eigenvalue weighted by molar-refractivity contribution is -0.142. The summed E-state index contributed by atoms with van der Waals surface area (Å²) in [4.78, 5) is 23.7. The van der Waals surface area contributed by atoms with E-state index >= 15 is 0 Å². The first-order valence-electron chi connectivity index (χ1n) is 12.8. The molecule has 0 spiro atoms. The Morgan fingerprint density at radius 1 is 0.897 bits per heavy atom.